The summed E-state index contributed by atoms with van der Waals surface area (Å²) < 4.78 is 35.6. The first kappa shape index (κ1) is 36.7. The van der Waals surface area contributed by atoms with Gasteiger partial charge in [-0.25, -0.2) is 0 Å². The number of aliphatic hydroxyl groups excluding tert-OH is 2. The van der Waals surface area contributed by atoms with E-state index < -0.39 is 34.0 Å². The maximum atomic E-state index is 10.5. The van der Waals surface area contributed by atoms with Gasteiger partial charge in [0.1, 0.15) is 12.7 Å². The zero-order chi connectivity index (χ0) is 26.4. The van der Waals surface area contributed by atoms with E-state index in [0.717, 1.165) is 0 Å². The molecule has 11 nitrogen and oxygen atoms in total. The predicted octanol–water partition coefficient (Wildman–Crippen LogP) is 2.52. The molecule has 32 heavy (non-hydrogen) atoms. The molecule has 1 unspecified atom stereocenters. The molecule has 0 saturated carbocycles. The highest BCUT2D eigenvalue weighted by Gasteiger charge is 2.27. The molecule has 0 bridgehead atoms. The third-order valence-electron chi connectivity index (χ3n) is 3.00. The fraction of sp³-hybridized carbons (Fsp3) is 1.00. The Kier molecular flexibility index (Phi) is 18.2. The maximum Gasteiger partial charge on any atom is 0.350 e. The number of rotatable bonds is 9. The summed E-state index contributed by atoms with van der Waals surface area (Å²) in [4.78, 5) is 33.9. The lowest BCUT2D eigenvalue weighted by atomic mass is 9.90. The minimum Gasteiger partial charge on any atom is -0.394 e. The van der Waals surface area contributed by atoms with Crippen LogP contribution in [0, 0.1) is 10.8 Å². The monoisotopic (exact) mass is 512 g/mol. The van der Waals surface area contributed by atoms with Crippen LogP contribution in [-0.4, -0.2) is 80.6 Å². The summed E-state index contributed by atoms with van der Waals surface area (Å²) in [6.45, 7) is 17.8. The molecule has 0 amide bonds. The third kappa shape index (κ3) is 34.7. The van der Waals surface area contributed by atoms with Crippen LogP contribution in [0.2, 0.25) is 0 Å². The van der Waals surface area contributed by atoms with E-state index in [-0.39, 0.29) is 29.6 Å². The molecular formula is C19H46O11P2. The van der Waals surface area contributed by atoms with E-state index >= 15 is 0 Å². The van der Waals surface area contributed by atoms with Gasteiger partial charge in [0.05, 0.1) is 38.1 Å². The normalized spacial score (nSPS) is 14.1. The van der Waals surface area contributed by atoms with E-state index in [1.165, 1.54) is 0 Å². The first-order chi connectivity index (χ1) is 13.9. The van der Waals surface area contributed by atoms with Crippen molar-refractivity contribution in [1.29, 1.82) is 0 Å². The van der Waals surface area contributed by atoms with Gasteiger partial charge in [0.15, 0.2) is 0 Å². The quantitative estimate of drug-likeness (QED) is 0.250. The lowest BCUT2D eigenvalue weighted by Crippen LogP contribution is -2.33. The first-order valence-electron chi connectivity index (χ1n) is 10.1. The van der Waals surface area contributed by atoms with Crippen LogP contribution in [0.1, 0.15) is 62.3 Å². The minimum atomic E-state index is -4.14. The lowest BCUT2D eigenvalue weighted by molar-refractivity contribution is -0.0352. The molecule has 0 radical (unpaired) electrons. The van der Waals surface area contributed by atoms with Gasteiger partial charge in [-0.05, 0) is 31.6 Å². The molecule has 1 atom stereocenters. The van der Waals surface area contributed by atoms with Crippen molar-refractivity contribution >= 4 is 15.2 Å². The summed E-state index contributed by atoms with van der Waals surface area (Å²) in [5, 5.41) is 17.2. The zero-order valence-electron chi connectivity index (χ0n) is 20.9. The highest BCUT2D eigenvalue weighted by Crippen LogP contribution is 2.36. The summed E-state index contributed by atoms with van der Waals surface area (Å²) in [5.74, 6) is 0. The van der Waals surface area contributed by atoms with Gasteiger partial charge < -0.3 is 44.0 Å². The van der Waals surface area contributed by atoms with Gasteiger partial charge in [-0.15, -0.1) is 0 Å². The third-order valence-corrected chi connectivity index (χ3v) is 4.00. The Morgan fingerprint density at radius 3 is 1.44 bits per heavy atom. The molecule has 0 aromatic heterocycles. The lowest BCUT2D eigenvalue weighted by Gasteiger charge is -2.28. The van der Waals surface area contributed by atoms with Crippen molar-refractivity contribution in [2.24, 2.45) is 10.8 Å². The Balaban J connectivity index is -0.000000406. The molecule has 0 aromatic carbocycles. The average molecular weight is 513 g/mol. The molecule has 13 heteroatoms. The summed E-state index contributed by atoms with van der Waals surface area (Å²) in [6, 6.07) is 0. The van der Waals surface area contributed by atoms with Crippen LogP contribution in [0.4, 0.5) is 0 Å². The van der Waals surface area contributed by atoms with Crippen molar-refractivity contribution in [3.63, 3.8) is 0 Å². The summed E-state index contributed by atoms with van der Waals surface area (Å²) in [7, 11) is -8.11. The highest BCUT2D eigenvalue weighted by atomic mass is 31.2. The van der Waals surface area contributed by atoms with Crippen LogP contribution in [0.5, 0.6) is 0 Å². The van der Waals surface area contributed by atoms with Crippen LogP contribution in [0.3, 0.4) is 0 Å². The summed E-state index contributed by atoms with van der Waals surface area (Å²) in [6.07, 6.45) is -1.68. The minimum absolute atomic E-state index is 0.0465. The van der Waals surface area contributed by atoms with Crippen molar-refractivity contribution < 1.29 is 53.1 Å². The van der Waals surface area contributed by atoms with Gasteiger partial charge >= 0.3 is 15.2 Å². The Labute approximate surface area is 192 Å². The SMILES string of the molecule is CC(C)(C)C(CO)OCP(=O)(O)O.CC(C)(C)COCP(=O)(O)O.CC(C)(C)OCCO. The average Bonchev–Trinajstić information content (AvgIpc) is 2.49. The van der Waals surface area contributed by atoms with E-state index in [1.807, 2.05) is 62.3 Å². The molecule has 0 aromatic rings. The van der Waals surface area contributed by atoms with Gasteiger partial charge in [-0.3, -0.25) is 9.13 Å². The van der Waals surface area contributed by atoms with Gasteiger partial charge in [-0.2, -0.15) is 0 Å². The number of hydrogen-bond donors (Lipinski definition) is 6. The van der Waals surface area contributed by atoms with Crippen molar-refractivity contribution in [3.05, 3.63) is 0 Å². The van der Waals surface area contributed by atoms with E-state index in [4.69, 9.17) is 44.0 Å². The predicted molar refractivity (Wildman–Crippen MR) is 123 cm³/mol. The number of hydrogen-bond acceptors (Lipinski definition) is 7. The van der Waals surface area contributed by atoms with Gasteiger partial charge in [0.2, 0.25) is 0 Å². The summed E-state index contributed by atoms with van der Waals surface area (Å²) in [5.41, 5.74) is -0.484. The van der Waals surface area contributed by atoms with Crippen molar-refractivity contribution in [2.45, 2.75) is 74.0 Å². The largest absolute Gasteiger partial charge is 0.394 e. The van der Waals surface area contributed by atoms with Gasteiger partial charge in [-0.1, -0.05) is 41.5 Å². The van der Waals surface area contributed by atoms with Crippen molar-refractivity contribution in [1.82, 2.24) is 0 Å². The molecule has 0 aliphatic carbocycles. The Bertz CT molecular complexity index is 551. The Morgan fingerprint density at radius 2 is 1.22 bits per heavy atom. The molecule has 0 aliphatic rings. The van der Waals surface area contributed by atoms with Crippen molar-refractivity contribution in [2.75, 3.05) is 39.1 Å². The Hall–Kier alpha value is 0.1000. The van der Waals surface area contributed by atoms with E-state index in [0.29, 0.717) is 13.2 Å². The molecule has 0 fully saturated rings. The van der Waals surface area contributed by atoms with Crippen LogP contribution in [0.15, 0.2) is 0 Å². The second kappa shape index (κ2) is 15.9. The standard InChI is InChI=1S/C7H17O5P.C6H15O4P.C6H14O2/c1-7(2,3)6(4-8)12-5-13(9,10)11;1-6(2,3)4-10-5-11(7,8)9;1-6(2,3)8-5-4-7/h6,8H,4-5H2,1-3H3,(H2,9,10,11);4-5H2,1-3H3,(H2,7,8,9);7H,4-5H2,1-3H3. The number of aliphatic hydroxyl groups is 2. The second-order valence-electron chi connectivity index (χ2n) is 10.4. The molecule has 0 saturated heterocycles. The molecular weight excluding hydrogens is 466 g/mol. The molecule has 0 aliphatic heterocycles. The fourth-order valence-corrected chi connectivity index (χ4v) is 2.29. The van der Waals surface area contributed by atoms with E-state index in [1.54, 1.807) is 0 Å². The number of ether oxygens (including phenoxy) is 3. The molecule has 6 N–H and O–H groups in total. The Morgan fingerprint density at radius 1 is 0.781 bits per heavy atom. The molecule has 0 rings (SSSR count). The zero-order valence-corrected chi connectivity index (χ0v) is 22.7. The second-order valence-corrected chi connectivity index (χ2v) is 13.6. The van der Waals surface area contributed by atoms with Crippen LogP contribution < -0.4 is 0 Å². The fourth-order valence-electron chi connectivity index (χ4n) is 1.59. The molecule has 198 valence electrons. The highest BCUT2D eigenvalue weighted by molar-refractivity contribution is 7.51. The van der Waals surface area contributed by atoms with Gasteiger partial charge in [0, 0.05) is 0 Å². The molecule has 0 spiro atoms. The van der Waals surface area contributed by atoms with Crippen molar-refractivity contribution in [3.8, 4) is 0 Å². The first-order valence-corrected chi connectivity index (χ1v) is 13.7. The summed E-state index contributed by atoms with van der Waals surface area (Å²) >= 11 is 0. The smallest absolute Gasteiger partial charge is 0.350 e. The van der Waals surface area contributed by atoms with E-state index in [9.17, 15) is 9.13 Å². The van der Waals surface area contributed by atoms with Crippen LogP contribution >= 0.6 is 15.2 Å². The van der Waals surface area contributed by atoms with Crippen LogP contribution in [-0.2, 0) is 23.3 Å². The van der Waals surface area contributed by atoms with Crippen LogP contribution in [0.25, 0.3) is 0 Å². The van der Waals surface area contributed by atoms with E-state index in [2.05, 4.69) is 0 Å². The maximum absolute atomic E-state index is 10.5. The molecule has 0 heterocycles. The van der Waals surface area contributed by atoms with Gasteiger partial charge in [0.25, 0.3) is 0 Å². The topological polar surface area (TPSA) is 183 Å².